The first-order valence-electron chi connectivity index (χ1n) is 9.90. The van der Waals surface area contributed by atoms with Crippen LogP contribution in [-0.2, 0) is 11.2 Å². The zero-order valence-electron chi connectivity index (χ0n) is 15.9. The van der Waals surface area contributed by atoms with Gasteiger partial charge in [0.15, 0.2) is 0 Å². The standard InChI is InChI=1S/C21H33N3O/c1-21(2,17-23-13-6-3-7-14-23)22-20(25)12-16-24-15-8-10-18-9-4-5-11-19(18)24/h4-5,9,11H,3,6-8,10,12-17H2,1-2H3,(H,22,25). The van der Waals surface area contributed by atoms with Crippen LogP contribution in [0.5, 0.6) is 0 Å². The third-order valence-corrected chi connectivity index (χ3v) is 5.36. The van der Waals surface area contributed by atoms with Crippen molar-refractivity contribution in [2.24, 2.45) is 0 Å². The van der Waals surface area contributed by atoms with E-state index in [4.69, 9.17) is 0 Å². The van der Waals surface area contributed by atoms with Gasteiger partial charge in [0.25, 0.3) is 0 Å². The van der Waals surface area contributed by atoms with Crippen LogP contribution in [0.15, 0.2) is 24.3 Å². The number of carbonyl (C=O) groups is 1. The molecule has 1 N–H and O–H groups in total. The number of benzene rings is 1. The molecule has 0 bridgehead atoms. The van der Waals surface area contributed by atoms with Gasteiger partial charge in [0.2, 0.25) is 5.91 Å². The number of likely N-dealkylation sites (tertiary alicyclic amines) is 1. The van der Waals surface area contributed by atoms with Crippen LogP contribution in [0, 0.1) is 0 Å². The SMILES string of the molecule is CC(C)(CN1CCCCC1)NC(=O)CCN1CCCc2ccccc21. The van der Waals surface area contributed by atoms with Gasteiger partial charge in [-0.1, -0.05) is 24.6 Å². The minimum Gasteiger partial charge on any atom is -0.371 e. The number of para-hydroxylation sites is 1. The fourth-order valence-electron chi connectivity index (χ4n) is 4.24. The maximum absolute atomic E-state index is 12.5. The van der Waals surface area contributed by atoms with E-state index in [1.165, 1.54) is 50.0 Å². The molecule has 0 atom stereocenters. The van der Waals surface area contributed by atoms with E-state index in [1.807, 2.05) is 0 Å². The van der Waals surface area contributed by atoms with Gasteiger partial charge in [-0.25, -0.2) is 0 Å². The van der Waals surface area contributed by atoms with Crippen molar-refractivity contribution in [3.05, 3.63) is 29.8 Å². The normalized spacial score (nSPS) is 18.7. The van der Waals surface area contributed by atoms with Crippen molar-refractivity contribution in [3.63, 3.8) is 0 Å². The Morgan fingerprint density at radius 3 is 2.64 bits per heavy atom. The van der Waals surface area contributed by atoms with E-state index < -0.39 is 0 Å². The monoisotopic (exact) mass is 343 g/mol. The second kappa shape index (κ2) is 8.22. The molecule has 0 radical (unpaired) electrons. The quantitative estimate of drug-likeness (QED) is 0.861. The summed E-state index contributed by atoms with van der Waals surface area (Å²) in [7, 11) is 0. The second-order valence-electron chi connectivity index (χ2n) is 8.24. The first-order valence-corrected chi connectivity index (χ1v) is 9.90. The third-order valence-electron chi connectivity index (χ3n) is 5.36. The molecule has 0 aliphatic carbocycles. The van der Waals surface area contributed by atoms with Crippen molar-refractivity contribution in [3.8, 4) is 0 Å². The number of anilines is 1. The highest BCUT2D eigenvalue weighted by Crippen LogP contribution is 2.26. The topological polar surface area (TPSA) is 35.6 Å². The molecule has 1 amide bonds. The molecule has 2 aliphatic rings. The molecule has 3 rings (SSSR count). The maximum Gasteiger partial charge on any atom is 0.222 e. The molecule has 1 aromatic carbocycles. The van der Waals surface area contributed by atoms with Crippen LogP contribution >= 0.6 is 0 Å². The predicted molar refractivity (Wildman–Crippen MR) is 104 cm³/mol. The van der Waals surface area contributed by atoms with Crippen LogP contribution in [0.4, 0.5) is 5.69 Å². The number of hydrogen-bond donors (Lipinski definition) is 1. The number of carbonyl (C=O) groups excluding carboxylic acids is 1. The lowest BCUT2D eigenvalue weighted by Gasteiger charge is -2.36. The lowest BCUT2D eigenvalue weighted by atomic mass is 10.0. The highest BCUT2D eigenvalue weighted by molar-refractivity contribution is 5.77. The van der Waals surface area contributed by atoms with E-state index in [0.717, 1.165) is 26.1 Å². The number of piperidine rings is 1. The summed E-state index contributed by atoms with van der Waals surface area (Å²) in [6, 6.07) is 8.60. The van der Waals surface area contributed by atoms with Crippen LogP contribution in [0.3, 0.4) is 0 Å². The van der Waals surface area contributed by atoms with E-state index in [2.05, 4.69) is 53.2 Å². The van der Waals surface area contributed by atoms with E-state index in [9.17, 15) is 4.79 Å². The average molecular weight is 344 g/mol. The predicted octanol–water partition coefficient (Wildman–Crippen LogP) is 3.21. The van der Waals surface area contributed by atoms with E-state index in [-0.39, 0.29) is 11.4 Å². The summed E-state index contributed by atoms with van der Waals surface area (Å²) in [5.41, 5.74) is 2.57. The Morgan fingerprint density at radius 1 is 1.08 bits per heavy atom. The van der Waals surface area contributed by atoms with Crippen LogP contribution in [0.2, 0.25) is 0 Å². The Hall–Kier alpha value is -1.55. The fourth-order valence-corrected chi connectivity index (χ4v) is 4.24. The molecule has 1 saturated heterocycles. The van der Waals surface area contributed by atoms with Crippen LogP contribution < -0.4 is 10.2 Å². The lowest BCUT2D eigenvalue weighted by molar-refractivity contribution is -0.122. The summed E-state index contributed by atoms with van der Waals surface area (Å²) in [5, 5.41) is 3.26. The number of rotatable bonds is 6. The first kappa shape index (κ1) is 18.2. The second-order valence-corrected chi connectivity index (χ2v) is 8.24. The van der Waals surface area contributed by atoms with Gasteiger partial charge in [0, 0.05) is 37.3 Å². The van der Waals surface area contributed by atoms with Crippen molar-refractivity contribution >= 4 is 11.6 Å². The van der Waals surface area contributed by atoms with Crippen molar-refractivity contribution in [1.29, 1.82) is 0 Å². The molecule has 1 fully saturated rings. The molecule has 2 heterocycles. The maximum atomic E-state index is 12.5. The molecule has 4 heteroatoms. The average Bonchev–Trinajstić information content (AvgIpc) is 2.60. The van der Waals surface area contributed by atoms with Gasteiger partial charge in [0.1, 0.15) is 0 Å². The lowest BCUT2D eigenvalue weighted by Crippen LogP contribution is -2.52. The van der Waals surface area contributed by atoms with Gasteiger partial charge in [0.05, 0.1) is 0 Å². The summed E-state index contributed by atoms with van der Waals surface area (Å²) in [6.07, 6.45) is 6.83. The number of nitrogens with zero attached hydrogens (tertiary/aromatic N) is 2. The smallest absolute Gasteiger partial charge is 0.222 e. The van der Waals surface area contributed by atoms with Crippen molar-refractivity contribution < 1.29 is 4.79 Å². The van der Waals surface area contributed by atoms with Crippen molar-refractivity contribution in [2.45, 2.75) is 57.9 Å². The number of nitrogens with one attached hydrogen (secondary N) is 1. The Morgan fingerprint density at radius 2 is 1.84 bits per heavy atom. The Labute approximate surface area is 152 Å². The van der Waals surface area contributed by atoms with Gasteiger partial charge in [-0.15, -0.1) is 0 Å². The van der Waals surface area contributed by atoms with Gasteiger partial charge in [-0.3, -0.25) is 4.79 Å². The summed E-state index contributed by atoms with van der Waals surface area (Å²) >= 11 is 0. The highest BCUT2D eigenvalue weighted by Gasteiger charge is 2.25. The number of fused-ring (bicyclic) bond motifs is 1. The molecule has 0 saturated carbocycles. The molecule has 25 heavy (non-hydrogen) atoms. The molecule has 4 nitrogen and oxygen atoms in total. The number of hydrogen-bond acceptors (Lipinski definition) is 3. The molecule has 138 valence electrons. The largest absolute Gasteiger partial charge is 0.371 e. The Kier molecular flexibility index (Phi) is 6.00. The van der Waals surface area contributed by atoms with Gasteiger partial charge >= 0.3 is 0 Å². The van der Waals surface area contributed by atoms with Crippen LogP contribution in [0.1, 0.15) is 51.5 Å². The summed E-state index contributed by atoms with van der Waals surface area (Å²) in [5.74, 6) is 0.171. The van der Waals surface area contributed by atoms with Crippen LogP contribution in [0.25, 0.3) is 0 Å². The molecule has 0 unspecified atom stereocenters. The Balaban J connectivity index is 1.48. The van der Waals surface area contributed by atoms with E-state index in [1.54, 1.807) is 0 Å². The molecular formula is C21H33N3O. The third kappa shape index (κ3) is 5.21. The molecular weight excluding hydrogens is 310 g/mol. The minimum atomic E-state index is -0.159. The minimum absolute atomic E-state index is 0.159. The summed E-state index contributed by atoms with van der Waals surface area (Å²) < 4.78 is 0. The zero-order valence-corrected chi connectivity index (χ0v) is 15.9. The molecule has 0 spiro atoms. The van der Waals surface area contributed by atoms with Gasteiger partial charge in [-0.05, 0) is 64.3 Å². The zero-order chi connectivity index (χ0) is 17.7. The van der Waals surface area contributed by atoms with E-state index in [0.29, 0.717) is 6.42 Å². The fraction of sp³-hybridized carbons (Fsp3) is 0.667. The Bertz CT molecular complexity index is 578. The molecule has 1 aromatic rings. The van der Waals surface area contributed by atoms with Crippen molar-refractivity contribution in [1.82, 2.24) is 10.2 Å². The highest BCUT2D eigenvalue weighted by atomic mass is 16.1. The molecule has 0 aromatic heterocycles. The van der Waals surface area contributed by atoms with Crippen molar-refractivity contribution in [2.75, 3.05) is 37.6 Å². The number of amides is 1. The van der Waals surface area contributed by atoms with Gasteiger partial charge in [-0.2, -0.15) is 0 Å². The summed E-state index contributed by atoms with van der Waals surface area (Å²) in [4.78, 5) is 17.4. The van der Waals surface area contributed by atoms with Gasteiger partial charge < -0.3 is 15.1 Å². The van der Waals surface area contributed by atoms with Crippen LogP contribution in [-0.4, -0.2) is 49.1 Å². The number of aryl methyl sites for hydroxylation is 1. The van der Waals surface area contributed by atoms with E-state index >= 15 is 0 Å². The molecule has 2 aliphatic heterocycles. The summed E-state index contributed by atoms with van der Waals surface area (Å²) in [6.45, 7) is 9.45. The first-order chi connectivity index (χ1) is 12.0.